The van der Waals surface area contributed by atoms with Gasteiger partial charge in [-0.1, -0.05) is 49.4 Å². The SMILES string of the molecule is CCC(C)NC(=O)c1ccccc1NS(=O)(=O)/C=C/c1ccccc1. The number of sulfonamides is 1. The number of carbonyl (C=O) groups is 1. The summed E-state index contributed by atoms with van der Waals surface area (Å²) in [4.78, 5) is 12.3. The highest BCUT2D eigenvalue weighted by Crippen LogP contribution is 2.18. The minimum absolute atomic E-state index is 0.00939. The fourth-order valence-electron chi connectivity index (χ4n) is 2.09. The predicted molar refractivity (Wildman–Crippen MR) is 102 cm³/mol. The predicted octanol–water partition coefficient (Wildman–Crippen LogP) is 3.63. The Morgan fingerprint density at radius 3 is 2.40 bits per heavy atom. The van der Waals surface area contributed by atoms with Crippen molar-refractivity contribution in [2.24, 2.45) is 0 Å². The second-order valence-electron chi connectivity index (χ2n) is 5.69. The molecular weight excluding hydrogens is 336 g/mol. The van der Waals surface area contributed by atoms with Gasteiger partial charge in [0.25, 0.3) is 15.9 Å². The Kier molecular flexibility index (Phi) is 6.36. The molecule has 2 rings (SSSR count). The van der Waals surface area contributed by atoms with Crippen molar-refractivity contribution in [2.45, 2.75) is 26.3 Å². The molecule has 0 saturated heterocycles. The maximum atomic E-state index is 12.3. The van der Waals surface area contributed by atoms with Crippen LogP contribution in [-0.4, -0.2) is 20.4 Å². The van der Waals surface area contributed by atoms with Crippen LogP contribution >= 0.6 is 0 Å². The van der Waals surface area contributed by atoms with Crippen LogP contribution in [0.15, 0.2) is 60.0 Å². The van der Waals surface area contributed by atoms with Gasteiger partial charge in [-0.2, -0.15) is 0 Å². The quantitative estimate of drug-likeness (QED) is 0.794. The van der Waals surface area contributed by atoms with Gasteiger partial charge < -0.3 is 5.32 Å². The Labute approximate surface area is 148 Å². The largest absolute Gasteiger partial charge is 0.350 e. The molecule has 0 heterocycles. The summed E-state index contributed by atoms with van der Waals surface area (Å²) in [5, 5.41) is 3.93. The average molecular weight is 358 g/mol. The lowest BCUT2D eigenvalue weighted by atomic mass is 10.1. The molecule has 2 aromatic rings. The van der Waals surface area contributed by atoms with Gasteiger partial charge in [0.15, 0.2) is 0 Å². The van der Waals surface area contributed by atoms with Crippen LogP contribution in [-0.2, 0) is 10.0 Å². The molecule has 1 unspecified atom stereocenters. The van der Waals surface area contributed by atoms with Gasteiger partial charge in [-0.25, -0.2) is 8.42 Å². The average Bonchev–Trinajstić information content (AvgIpc) is 2.61. The van der Waals surface area contributed by atoms with E-state index in [1.54, 1.807) is 36.4 Å². The molecule has 2 aromatic carbocycles. The van der Waals surface area contributed by atoms with E-state index in [1.165, 1.54) is 6.08 Å². The van der Waals surface area contributed by atoms with Gasteiger partial charge in [0.05, 0.1) is 16.7 Å². The number of rotatable bonds is 7. The Bertz CT molecular complexity index is 846. The van der Waals surface area contributed by atoms with E-state index in [4.69, 9.17) is 0 Å². The van der Waals surface area contributed by atoms with Crippen LogP contribution in [0.3, 0.4) is 0 Å². The van der Waals surface area contributed by atoms with Gasteiger partial charge >= 0.3 is 0 Å². The zero-order valence-electron chi connectivity index (χ0n) is 14.3. The minimum atomic E-state index is -3.73. The van der Waals surface area contributed by atoms with Crippen LogP contribution in [0.25, 0.3) is 6.08 Å². The van der Waals surface area contributed by atoms with Gasteiger partial charge in [0, 0.05) is 6.04 Å². The summed E-state index contributed by atoms with van der Waals surface area (Å²) < 4.78 is 27.0. The monoisotopic (exact) mass is 358 g/mol. The lowest BCUT2D eigenvalue weighted by Gasteiger charge is -2.14. The Balaban J connectivity index is 2.19. The maximum absolute atomic E-state index is 12.3. The van der Waals surface area contributed by atoms with E-state index < -0.39 is 10.0 Å². The van der Waals surface area contributed by atoms with Crippen molar-refractivity contribution >= 4 is 27.7 Å². The van der Waals surface area contributed by atoms with Gasteiger partial charge in [-0.3, -0.25) is 9.52 Å². The van der Waals surface area contributed by atoms with Gasteiger partial charge in [-0.05, 0) is 37.1 Å². The van der Waals surface area contributed by atoms with E-state index in [0.717, 1.165) is 17.4 Å². The molecule has 0 bridgehead atoms. The molecule has 0 aliphatic rings. The fourth-order valence-corrected chi connectivity index (χ4v) is 2.98. The Morgan fingerprint density at radius 2 is 1.72 bits per heavy atom. The first kappa shape index (κ1) is 18.7. The smallest absolute Gasteiger partial charge is 0.255 e. The molecular formula is C19H22N2O3S. The molecule has 0 aliphatic heterocycles. The maximum Gasteiger partial charge on any atom is 0.255 e. The molecule has 0 radical (unpaired) electrons. The summed E-state index contributed by atoms with van der Waals surface area (Å²) in [7, 11) is -3.73. The molecule has 132 valence electrons. The summed E-state index contributed by atoms with van der Waals surface area (Å²) in [6, 6.07) is 15.7. The molecule has 0 aromatic heterocycles. The van der Waals surface area contributed by atoms with E-state index in [0.29, 0.717) is 5.56 Å². The first-order valence-corrected chi connectivity index (χ1v) is 9.62. The van der Waals surface area contributed by atoms with Gasteiger partial charge in [0.2, 0.25) is 0 Å². The lowest BCUT2D eigenvalue weighted by Crippen LogP contribution is -2.32. The number of benzene rings is 2. The van der Waals surface area contributed by atoms with Crippen molar-refractivity contribution in [2.75, 3.05) is 4.72 Å². The molecule has 5 nitrogen and oxygen atoms in total. The third kappa shape index (κ3) is 5.76. The van der Waals surface area contributed by atoms with Gasteiger partial charge in [0.1, 0.15) is 0 Å². The number of para-hydroxylation sites is 1. The summed E-state index contributed by atoms with van der Waals surface area (Å²) in [5.74, 6) is -0.306. The lowest BCUT2D eigenvalue weighted by molar-refractivity contribution is 0.0940. The standard InChI is InChI=1S/C19H22N2O3S/c1-3-15(2)20-19(22)17-11-7-8-12-18(17)21-25(23,24)14-13-16-9-5-4-6-10-16/h4-15,21H,3H2,1-2H3,(H,20,22)/b14-13+. The zero-order chi connectivity index (χ0) is 18.3. The van der Waals surface area contributed by atoms with Gasteiger partial charge in [-0.15, -0.1) is 0 Å². The van der Waals surface area contributed by atoms with E-state index >= 15 is 0 Å². The van der Waals surface area contributed by atoms with Crippen LogP contribution in [0.5, 0.6) is 0 Å². The molecule has 0 fully saturated rings. The van der Waals surface area contributed by atoms with E-state index in [2.05, 4.69) is 10.0 Å². The topological polar surface area (TPSA) is 75.3 Å². The van der Waals surface area contributed by atoms with Crippen molar-refractivity contribution in [3.05, 3.63) is 71.1 Å². The number of hydrogen-bond acceptors (Lipinski definition) is 3. The number of anilines is 1. The summed E-state index contributed by atoms with van der Waals surface area (Å²) >= 11 is 0. The first-order valence-electron chi connectivity index (χ1n) is 8.07. The van der Waals surface area contributed by atoms with Crippen LogP contribution in [0.1, 0.15) is 36.2 Å². The fraction of sp³-hybridized carbons (Fsp3) is 0.211. The van der Waals surface area contributed by atoms with Crippen molar-refractivity contribution < 1.29 is 13.2 Å². The van der Waals surface area contributed by atoms with E-state index in [1.807, 2.05) is 32.0 Å². The molecule has 2 N–H and O–H groups in total. The van der Waals surface area contributed by atoms with Crippen molar-refractivity contribution in [3.63, 3.8) is 0 Å². The van der Waals surface area contributed by atoms with Crippen molar-refractivity contribution in [1.29, 1.82) is 0 Å². The second kappa shape index (κ2) is 8.48. The highest BCUT2D eigenvalue weighted by molar-refractivity contribution is 7.95. The first-order chi connectivity index (χ1) is 11.9. The normalized spacial score (nSPS) is 12.7. The third-order valence-corrected chi connectivity index (χ3v) is 4.65. The minimum Gasteiger partial charge on any atom is -0.350 e. The van der Waals surface area contributed by atoms with Crippen LogP contribution in [0, 0.1) is 0 Å². The number of nitrogens with one attached hydrogen (secondary N) is 2. The number of hydrogen-bond donors (Lipinski definition) is 2. The molecule has 6 heteroatoms. The Morgan fingerprint density at radius 1 is 1.08 bits per heavy atom. The molecule has 1 amide bonds. The molecule has 1 atom stereocenters. The third-order valence-electron chi connectivity index (χ3n) is 3.65. The van der Waals surface area contributed by atoms with E-state index in [-0.39, 0.29) is 17.6 Å². The van der Waals surface area contributed by atoms with E-state index in [9.17, 15) is 13.2 Å². The highest BCUT2D eigenvalue weighted by Gasteiger charge is 2.15. The summed E-state index contributed by atoms with van der Waals surface area (Å²) in [6.45, 7) is 3.86. The summed E-state index contributed by atoms with van der Waals surface area (Å²) in [5.41, 5.74) is 1.32. The van der Waals surface area contributed by atoms with Crippen LogP contribution in [0.2, 0.25) is 0 Å². The zero-order valence-corrected chi connectivity index (χ0v) is 15.1. The van der Waals surface area contributed by atoms with Crippen LogP contribution in [0.4, 0.5) is 5.69 Å². The molecule has 25 heavy (non-hydrogen) atoms. The Hall–Kier alpha value is -2.60. The van der Waals surface area contributed by atoms with Crippen molar-refractivity contribution in [1.82, 2.24) is 5.32 Å². The highest BCUT2D eigenvalue weighted by atomic mass is 32.2. The molecule has 0 spiro atoms. The summed E-state index contributed by atoms with van der Waals surface area (Å²) in [6.07, 6.45) is 2.30. The second-order valence-corrected chi connectivity index (χ2v) is 7.26. The number of carbonyl (C=O) groups excluding carboxylic acids is 1. The molecule has 0 saturated carbocycles. The van der Waals surface area contributed by atoms with Crippen LogP contribution < -0.4 is 10.0 Å². The molecule has 0 aliphatic carbocycles. The number of amides is 1. The van der Waals surface area contributed by atoms with Crippen molar-refractivity contribution in [3.8, 4) is 0 Å².